The summed E-state index contributed by atoms with van der Waals surface area (Å²) in [6.07, 6.45) is 3.39. The molecule has 7 nitrogen and oxygen atoms in total. The first-order valence-corrected chi connectivity index (χ1v) is 12.3. The van der Waals surface area contributed by atoms with E-state index in [4.69, 9.17) is 4.74 Å². The Labute approximate surface area is 195 Å². The van der Waals surface area contributed by atoms with E-state index in [0.717, 1.165) is 16.5 Å². The number of rotatable bonds is 6. The first-order valence-electron chi connectivity index (χ1n) is 10.00. The molecule has 164 valence electrons. The highest BCUT2D eigenvalue weighted by molar-refractivity contribution is 7.94. The van der Waals surface area contributed by atoms with Crippen LogP contribution in [-0.4, -0.2) is 30.4 Å². The molecular formula is C24H18N4O3S2. The van der Waals surface area contributed by atoms with Crippen LogP contribution in [0.2, 0.25) is 0 Å². The average molecular weight is 475 g/mol. The molecule has 2 aromatic carbocycles. The largest absolute Gasteiger partial charge is 0.438 e. The van der Waals surface area contributed by atoms with Gasteiger partial charge in [-0.3, -0.25) is 9.29 Å². The molecule has 0 radical (unpaired) electrons. The molecule has 0 saturated heterocycles. The summed E-state index contributed by atoms with van der Waals surface area (Å²) in [4.78, 5) is 13.4. The maximum atomic E-state index is 12.8. The number of hydrogen-bond donors (Lipinski definition) is 0. The fourth-order valence-corrected chi connectivity index (χ4v) is 5.63. The van der Waals surface area contributed by atoms with E-state index in [1.165, 1.54) is 22.7 Å². The molecule has 0 atom stereocenters. The van der Waals surface area contributed by atoms with Crippen molar-refractivity contribution in [2.45, 2.75) is 4.21 Å². The Bertz CT molecular complexity index is 1510. The van der Waals surface area contributed by atoms with Crippen molar-refractivity contribution in [1.29, 1.82) is 0 Å². The molecule has 0 amide bonds. The van der Waals surface area contributed by atoms with Crippen molar-refractivity contribution in [3.8, 4) is 23.0 Å². The topological polar surface area (TPSA) is 85.3 Å². The standard InChI is InChI=1S/C24H18N4O3S2/c1-28(33(29,30)22-9-5-15-32-22)18-10-12-19(13-11-18)31-24-20-7-2-3-8-21(20)26-23(27-24)17-6-4-14-25-16-17/h2-16H,1H3. The summed E-state index contributed by atoms with van der Waals surface area (Å²) in [5.41, 5.74) is 2.06. The van der Waals surface area contributed by atoms with Gasteiger partial charge in [-0.2, -0.15) is 4.98 Å². The lowest BCUT2D eigenvalue weighted by Crippen LogP contribution is -2.25. The van der Waals surface area contributed by atoms with Crippen molar-refractivity contribution in [3.63, 3.8) is 0 Å². The Balaban J connectivity index is 1.47. The molecule has 3 aromatic heterocycles. The molecule has 5 aromatic rings. The van der Waals surface area contributed by atoms with Gasteiger partial charge >= 0.3 is 0 Å². The zero-order valence-corrected chi connectivity index (χ0v) is 19.1. The van der Waals surface area contributed by atoms with Crippen LogP contribution in [-0.2, 0) is 10.0 Å². The van der Waals surface area contributed by atoms with Crippen LogP contribution >= 0.6 is 11.3 Å². The summed E-state index contributed by atoms with van der Waals surface area (Å²) in [7, 11) is -2.07. The fourth-order valence-electron chi connectivity index (χ4n) is 3.27. The highest BCUT2D eigenvalue weighted by Gasteiger charge is 2.22. The van der Waals surface area contributed by atoms with Crippen LogP contribution in [0.1, 0.15) is 0 Å². The minimum Gasteiger partial charge on any atom is -0.438 e. The number of hydrogen-bond acceptors (Lipinski definition) is 7. The predicted molar refractivity (Wildman–Crippen MR) is 129 cm³/mol. The van der Waals surface area contributed by atoms with Crippen molar-refractivity contribution < 1.29 is 13.2 Å². The van der Waals surface area contributed by atoms with Gasteiger partial charge in [0.15, 0.2) is 5.82 Å². The smallest absolute Gasteiger partial charge is 0.273 e. The zero-order valence-electron chi connectivity index (χ0n) is 17.5. The predicted octanol–water partition coefficient (Wildman–Crippen LogP) is 5.37. The molecule has 0 bridgehead atoms. The van der Waals surface area contributed by atoms with E-state index in [-0.39, 0.29) is 0 Å². The van der Waals surface area contributed by atoms with Gasteiger partial charge in [-0.15, -0.1) is 11.3 Å². The number of anilines is 1. The Morgan fingerprint density at radius 3 is 2.45 bits per heavy atom. The number of fused-ring (bicyclic) bond motifs is 1. The van der Waals surface area contributed by atoms with Crippen LogP contribution in [0.25, 0.3) is 22.3 Å². The average Bonchev–Trinajstić information content (AvgIpc) is 3.41. The molecule has 0 saturated carbocycles. The lowest BCUT2D eigenvalue weighted by atomic mass is 10.2. The summed E-state index contributed by atoms with van der Waals surface area (Å²) in [5, 5.41) is 2.51. The fraction of sp³-hybridized carbons (Fsp3) is 0.0417. The summed E-state index contributed by atoms with van der Waals surface area (Å²) in [6, 6.07) is 21.5. The summed E-state index contributed by atoms with van der Waals surface area (Å²) < 4.78 is 33.2. The minimum atomic E-state index is -3.60. The summed E-state index contributed by atoms with van der Waals surface area (Å²) >= 11 is 1.19. The van der Waals surface area contributed by atoms with Crippen LogP contribution in [0.4, 0.5) is 5.69 Å². The number of sulfonamides is 1. The minimum absolute atomic E-state index is 0.292. The van der Waals surface area contributed by atoms with E-state index < -0.39 is 10.0 Å². The van der Waals surface area contributed by atoms with Gasteiger partial charge in [0.25, 0.3) is 10.0 Å². The number of benzene rings is 2. The van der Waals surface area contributed by atoms with Gasteiger partial charge in [-0.05, 0) is 60.0 Å². The lowest BCUT2D eigenvalue weighted by Gasteiger charge is -2.18. The van der Waals surface area contributed by atoms with E-state index in [1.54, 1.807) is 54.2 Å². The second-order valence-corrected chi connectivity index (χ2v) is 10.3. The molecule has 0 aliphatic heterocycles. The zero-order chi connectivity index (χ0) is 22.8. The Hall–Kier alpha value is -3.82. The quantitative estimate of drug-likeness (QED) is 0.329. The molecule has 0 fully saturated rings. The van der Waals surface area contributed by atoms with Crippen LogP contribution in [0.5, 0.6) is 11.6 Å². The van der Waals surface area contributed by atoms with Crippen molar-refractivity contribution in [2.24, 2.45) is 0 Å². The Kier molecular flexibility index (Phi) is 5.49. The van der Waals surface area contributed by atoms with Gasteiger partial charge in [-0.25, -0.2) is 13.4 Å². The maximum absolute atomic E-state index is 12.8. The summed E-state index contributed by atoms with van der Waals surface area (Å²) in [6.45, 7) is 0. The van der Waals surface area contributed by atoms with Gasteiger partial charge in [0.2, 0.25) is 5.88 Å². The third-order valence-electron chi connectivity index (χ3n) is 5.01. The highest BCUT2D eigenvalue weighted by Crippen LogP contribution is 2.32. The number of pyridine rings is 1. The van der Waals surface area contributed by atoms with Crippen molar-refractivity contribution >= 4 is 38.0 Å². The van der Waals surface area contributed by atoms with E-state index >= 15 is 0 Å². The third-order valence-corrected chi connectivity index (χ3v) is 8.17. The van der Waals surface area contributed by atoms with Crippen molar-refractivity contribution in [3.05, 3.63) is 90.6 Å². The van der Waals surface area contributed by atoms with Crippen LogP contribution in [0.3, 0.4) is 0 Å². The Morgan fingerprint density at radius 1 is 0.909 bits per heavy atom. The van der Waals surface area contributed by atoms with Crippen LogP contribution in [0.15, 0.2) is 94.8 Å². The first-order chi connectivity index (χ1) is 16.0. The van der Waals surface area contributed by atoms with Crippen LogP contribution in [0, 0.1) is 0 Å². The first kappa shape index (κ1) is 21.0. The Morgan fingerprint density at radius 2 is 1.73 bits per heavy atom. The molecule has 3 heterocycles. The second kappa shape index (κ2) is 8.61. The second-order valence-electron chi connectivity index (χ2n) is 7.11. The monoisotopic (exact) mass is 474 g/mol. The summed E-state index contributed by atoms with van der Waals surface area (Å²) in [5.74, 6) is 1.45. The molecule has 0 aliphatic carbocycles. The van der Waals surface area contributed by atoms with Crippen molar-refractivity contribution in [2.75, 3.05) is 11.4 Å². The molecule has 5 rings (SSSR count). The van der Waals surface area contributed by atoms with E-state index in [2.05, 4.69) is 15.0 Å². The number of thiophene rings is 1. The number of para-hydroxylation sites is 1. The molecule has 0 spiro atoms. The normalized spacial score (nSPS) is 11.4. The molecule has 9 heteroatoms. The highest BCUT2D eigenvalue weighted by atomic mass is 32.2. The van der Waals surface area contributed by atoms with E-state index in [9.17, 15) is 8.42 Å². The van der Waals surface area contributed by atoms with Gasteiger partial charge in [0, 0.05) is 25.0 Å². The molecule has 0 aliphatic rings. The molecule has 0 N–H and O–H groups in total. The van der Waals surface area contributed by atoms with Gasteiger partial charge in [0.05, 0.1) is 16.6 Å². The number of aromatic nitrogens is 3. The molecule has 0 unspecified atom stereocenters. The van der Waals surface area contributed by atoms with Gasteiger partial charge in [0.1, 0.15) is 9.96 Å². The van der Waals surface area contributed by atoms with E-state index in [1.807, 2.05) is 36.4 Å². The third kappa shape index (κ3) is 4.15. The van der Waals surface area contributed by atoms with E-state index in [0.29, 0.717) is 27.4 Å². The maximum Gasteiger partial charge on any atom is 0.273 e. The van der Waals surface area contributed by atoms with Gasteiger partial charge in [-0.1, -0.05) is 18.2 Å². The molecular weight excluding hydrogens is 456 g/mol. The lowest BCUT2D eigenvalue weighted by molar-refractivity contribution is 0.469. The molecule has 33 heavy (non-hydrogen) atoms. The van der Waals surface area contributed by atoms with Crippen molar-refractivity contribution in [1.82, 2.24) is 15.0 Å². The number of nitrogens with zero attached hydrogens (tertiary/aromatic N) is 4. The SMILES string of the molecule is CN(c1ccc(Oc2nc(-c3cccnc3)nc3ccccc23)cc1)S(=O)(=O)c1cccs1. The van der Waals surface area contributed by atoms with Crippen LogP contribution < -0.4 is 9.04 Å². The van der Waals surface area contributed by atoms with Gasteiger partial charge < -0.3 is 4.74 Å². The number of ether oxygens (including phenoxy) is 1.